The van der Waals surface area contributed by atoms with Crippen molar-refractivity contribution in [3.63, 3.8) is 0 Å². The Morgan fingerprint density at radius 1 is 1.00 bits per heavy atom. The number of carbonyl (C=O) groups is 4. The fourth-order valence-corrected chi connectivity index (χ4v) is 4.04. The van der Waals surface area contributed by atoms with Crippen LogP contribution in [-0.4, -0.2) is 52.9 Å². The summed E-state index contributed by atoms with van der Waals surface area (Å²) in [7, 11) is 0. The number of nitrogens with one attached hydrogen (secondary N) is 2. The smallest absolute Gasteiger partial charge is 0.408 e. The molecule has 0 aliphatic rings. The zero-order valence-corrected chi connectivity index (χ0v) is 24.5. The fourth-order valence-electron chi connectivity index (χ4n) is 4.04. The topological polar surface area (TPSA) is 131 Å². The van der Waals surface area contributed by atoms with E-state index in [1.165, 1.54) is 4.90 Å². The van der Waals surface area contributed by atoms with Crippen molar-refractivity contribution < 1.29 is 23.9 Å². The van der Waals surface area contributed by atoms with Crippen LogP contribution in [0.4, 0.5) is 4.79 Å². The molecule has 0 aromatic heterocycles. The number of rotatable bonds is 14. The van der Waals surface area contributed by atoms with E-state index in [-0.39, 0.29) is 24.8 Å². The van der Waals surface area contributed by atoms with Gasteiger partial charge in [-0.15, -0.1) is 0 Å². The second kappa shape index (κ2) is 15.3. The van der Waals surface area contributed by atoms with Gasteiger partial charge in [0.15, 0.2) is 0 Å². The van der Waals surface area contributed by atoms with Gasteiger partial charge in [0.1, 0.15) is 17.7 Å². The van der Waals surface area contributed by atoms with Gasteiger partial charge < -0.3 is 26.0 Å². The lowest BCUT2D eigenvalue weighted by molar-refractivity contribution is -0.143. The van der Waals surface area contributed by atoms with Crippen LogP contribution in [0.15, 0.2) is 18.2 Å². The van der Waals surface area contributed by atoms with Gasteiger partial charge in [-0.25, -0.2) is 4.79 Å². The van der Waals surface area contributed by atoms with Gasteiger partial charge in [-0.3, -0.25) is 14.4 Å². The normalized spacial score (nSPS) is 13.0. The van der Waals surface area contributed by atoms with Gasteiger partial charge in [0, 0.05) is 19.0 Å². The summed E-state index contributed by atoms with van der Waals surface area (Å²) >= 11 is 0. The molecule has 0 heterocycles. The molecule has 214 valence electrons. The Kier molecular flexibility index (Phi) is 13.3. The second-order valence-corrected chi connectivity index (χ2v) is 11.2. The lowest BCUT2D eigenvalue weighted by Gasteiger charge is -2.35. The summed E-state index contributed by atoms with van der Waals surface area (Å²) in [6.07, 6.45) is 2.69. The highest BCUT2D eigenvalue weighted by molar-refractivity contribution is 5.92. The third-order valence-corrected chi connectivity index (χ3v) is 6.04. The molecule has 4 amide bonds. The molecule has 38 heavy (non-hydrogen) atoms. The first kappa shape index (κ1) is 32.9. The van der Waals surface area contributed by atoms with E-state index in [9.17, 15) is 19.2 Å². The van der Waals surface area contributed by atoms with E-state index >= 15 is 0 Å². The molecule has 0 spiro atoms. The van der Waals surface area contributed by atoms with E-state index in [1.807, 2.05) is 45.9 Å². The molecule has 1 aromatic rings. The van der Waals surface area contributed by atoms with E-state index < -0.39 is 35.6 Å². The molecule has 9 nitrogen and oxygen atoms in total. The van der Waals surface area contributed by atoms with Crippen LogP contribution >= 0.6 is 0 Å². The largest absolute Gasteiger partial charge is 0.444 e. The number of aryl methyl sites for hydroxylation is 2. The highest BCUT2D eigenvalue weighted by Crippen LogP contribution is 2.26. The van der Waals surface area contributed by atoms with Crippen molar-refractivity contribution in [2.75, 3.05) is 6.54 Å². The zero-order valence-electron chi connectivity index (χ0n) is 24.5. The Labute approximate surface area is 228 Å². The van der Waals surface area contributed by atoms with Crippen LogP contribution in [0.25, 0.3) is 0 Å². The minimum atomic E-state index is -1.09. The molecule has 0 aliphatic carbocycles. The van der Waals surface area contributed by atoms with Crippen LogP contribution in [-0.2, 0) is 19.1 Å². The van der Waals surface area contributed by atoms with Crippen LogP contribution in [0, 0.1) is 13.8 Å². The Hall–Kier alpha value is -3.10. The number of amides is 4. The minimum absolute atomic E-state index is 0.00961. The number of hydrogen-bond donors (Lipinski definition) is 3. The van der Waals surface area contributed by atoms with Crippen LogP contribution in [0.1, 0.15) is 103 Å². The number of alkyl carbamates (subject to hydrolysis) is 1. The van der Waals surface area contributed by atoms with Gasteiger partial charge in [-0.2, -0.15) is 0 Å². The number of carbonyl (C=O) groups excluding carboxylic acids is 4. The molecule has 1 aromatic carbocycles. The molecule has 0 saturated carbocycles. The predicted octanol–water partition coefficient (Wildman–Crippen LogP) is 4.44. The van der Waals surface area contributed by atoms with Gasteiger partial charge in [0.25, 0.3) is 0 Å². The summed E-state index contributed by atoms with van der Waals surface area (Å²) in [5.74, 6) is -1.36. The number of ether oxygens (including phenoxy) is 1. The Bertz CT molecular complexity index is 955. The van der Waals surface area contributed by atoms with Gasteiger partial charge in [-0.05, 0) is 78.0 Å². The number of nitrogens with zero attached hydrogens (tertiary/aromatic N) is 1. The van der Waals surface area contributed by atoms with Crippen LogP contribution in [0.5, 0.6) is 0 Å². The van der Waals surface area contributed by atoms with Crippen molar-refractivity contribution in [1.82, 2.24) is 15.5 Å². The molecule has 9 heteroatoms. The highest BCUT2D eigenvalue weighted by Gasteiger charge is 2.36. The van der Waals surface area contributed by atoms with Gasteiger partial charge in [0.2, 0.25) is 17.7 Å². The van der Waals surface area contributed by atoms with Gasteiger partial charge in [0.05, 0.1) is 0 Å². The monoisotopic (exact) mass is 532 g/mol. The molecule has 4 N–H and O–H groups in total. The van der Waals surface area contributed by atoms with Crippen LogP contribution in [0.2, 0.25) is 0 Å². The molecular weight excluding hydrogens is 484 g/mol. The van der Waals surface area contributed by atoms with Crippen molar-refractivity contribution in [2.45, 2.75) is 118 Å². The third-order valence-electron chi connectivity index (χ3n) is 6.04. The third kappa shape index (κ3) is 11.5. The molecule has 0 saturated heterocycles. The van der Waals surface area contributed by atoms with Crippen LogP contribution in [0.3, 0.4) is 0 Å². The van der Waals surface area contributed by atoms with E-state index in [4.69, 9.17) is 10.5 Å². The van der Waals surface area contributed by atoms with Crippen molar-refractivity contribution in [1.29, 1.82) is 0 Å². The summed E-state index contributed by atoms with van der Waals surface area (Å²) in [6.45, 7) is 15.2. The SMILES string of the molecule is CCCCCCN(C(=O)C(CCC(N)=O)NC(=O)OC(C)(C)C)C(C(=O)NC(C)C)c1ccc(C)c(C)c1. The average Bonchev–Trinajstić information content (AvgIpc) is 2.78. The summed E-state index contributed by atoms with van der Waals surface area (Å²) in [6, 6.07) is 3.57. The van der Waals surface area contributed by atoms with E-state index in [0.29, 0.717) is 18.5 Å². The predicted molar refractivity (Wildman–Crippen MR) is 149 cm³/mol. The lowest BCUT2D eigenvalue weighted by Crippen LogP contribution is -2.54. The van der Waals surface area contributed by atoms with Crippen molar-refractivity contribution >= 4 is 23.8 Å². The Morgan fingerprint density at radius 3 is 2.18 bits per heavy atom. The fraction of sp³-hybridized carbons (Fsp3) is 0.655. The number of nitrogens with two attached hydrogens (primary N) is 1. The first-order chi connectivity index (χ1) is 17.7. The Morgan fingerprint density at radius 2 is 1.66 bits per heavy atom. The number of unbranched alkanes of at least 4 members (excludes halogenated alkanes) is 3. The van der Waals surface area contributed by atoms with E-state index in [0.717, 1.165) is 30.4 Å². The summed E-state index contributed by atoms with van der Waals surface area (Å²) in [4.78, 5) is 53.5. The average molecular weight is 533 g/mol. The van der Waals surface area contributed by atoms with Gasteiger partial charge in [-0.1, -0.05) is 44.4 Å². The molecule has 1 rings (SSSR count). The minimum Gasteiger partial charge on any atom is -0.444 e. The maximum Gasteiger partial charge on any atom is 0.408 e. The molecule has 0 fully saturated rings. The molecule has 0 radical (unpaired) electrons. The Balaban J connectivity index is 3.54. The molecule has 2 atom stereocenters. The van der Waals surface area contributed by atoms with Crippen molar-refractivity contribution in [3.8, 4) is 0 Å². The zero-order chi connectivity index (χ0) is 29.0. The summed E-state index contributed by atoms with van der Waals surface area (Å²) < 4.78 is 5.38. The standard InChI is InChI=1S/C29H48N4O5/c1-9-10-11-12-17-33(25(26(35)31-19(2)3)22-14-13-20(4)21(5)18-22)27(36)23(15-16-24(30)34)32-28(37)38-29(6,7)8/h13-14,18-19,23,25H,9-12,15-17H2,1-8H3,(H2,30,34)(H,31,35)(H,32,37). The van der Waals surface area contributed by atoms with Crippen LogP contribution < -0.4 is 16.4 Å². The van der Waals surface area contributed by atoms with E-state index in [1.54, 1.807) is 20.8 Å². The number of primary amides is 1. The quantitative estimate of drug-likeness (QED) is 0.305. The molecular formula is C29H48N4O5. The maximum atomic E-state index is 14.1. The first-order valence-corrected chi connectivity index (χ1v) is 13.6. The van der Waals surface area contributed by atoms with E-state index in [2.05, 4.69) is 17.6 Å². The molecule has 0 aliphatic heterocycles. The van der Waals surface area contributed by atoms with Crippen molar-refractivity contribution in [3.05, 3.63) is 34.9 Å². The number of benzene rings is 1. The summed E-state index contributed by atoms with van der Waals surface area (Å²) in [5.41, 5.74) is 7.35. The summed E-state index contributed by atoms with van der Waals surface area (Å²) in [5, 5.41) is 5.58. The maximum absolute atomic E-state index is 14.1. The second-order valence-electron chi connectivity index (χ2n) is 11.2. The highest BCUT2D eigenvalue weighted by atomic mass is 16.6. The van der Waals surface area contributed by atoms with Crippen molar-refractivity contribution in [2.24, 2.45) is 5.73 Å². The lowest BCUT2D eigenvalue weighted by atomic mass is 9.97. The molecule has 0 bridgehead atoms. The first-order valence-electron chi connectivity index (χ1n) is 13.6. The molecule has 2 unspecified atom stereocenters. The van der Waals surface area contributed by atoms with Gasteiger partial charge >= 0.3 is 6.09 Å². The number of hydrogen-bond acceptors (Lipinski definition) is 5.